The van der Waals surface area contributed by atoms with Crippen molar-refractivity contribution in [1.82, 2.24) is 0 Å². The Morgan fingerprint density at radius 1 is 1.13 bits per heavy atom. The van der Waals surface area contributed by atoms with Crippen molar-refractivity contribution >= 4 is 46.1 Å². The van der Waals surface area contributed by atoms with Gasteiger partial charge in [0.1, 0.15) is 0 Å². The maximum atomic E-state index is 12.0. The van der Waals surface area contributed by atoms with Crippen molar-refractivity contribution in [3.63, 3.8) is 0 Å². The summed E-state index contributed by atoms with van der Waals surface area (Å²) >= 11 is 5.99. The Kier molecular flexibility index (Phi) is 4.04. The largest absolute Gasteiger partial charge is 0.361 e. The average Bonchev–Trinajstić information content (AvgIpc) is 2.81. The Hall–Kier alpha value is -2.79. The van der Waals surface area contributed by atoms with Gasteiger partial charge in [-0.1, -0.05) is 11.6 Å². The highest BCUT2D eigenvalue weighted by atomic mass is 35.5. The minimum atomic E-state index is -0.176. The molecule has 0 aromatic heterocycles. The normalized spacial score (nSPS) is 14.3. The molecule has 2 amide bonds. The summed E-state index contributed by atoms with van der Waals surface area (Å²) in [4.78, 5) is 23.0. The SMILES string of the molecule is CC(=O)Nc1ccc(NC=C2C(=O)Nc3ccc(Cl)cc32)cc1. The van der Waals surface area contributed by atoms with Crippen molar-refractivity contribution in [2.24, 2.45) is 0 Å². The number of anilines is 3. The molecule has 0 aliphatic carbocycles. The number of amides is 2. The van der Waals surface area contributed by atoms with Gasteiger partial charge in [0, 0.05) is 40.8 Å². The molecule has 0 spiro atoms. The molecular formula is C17H14ClN3O2. The van der Waals surface area contributed by atoms with E-state index in [-0.39, 0.29) is 11.8 Å². The number of hydrogen-bond donors (Lipinski definition) is 3. The monoisotopic (exact) mass is 327 g/mol. The van der Waals surface area contributed by atoms with Crippen LogP contribution >= 0.6 is 11.6 Å². The number of rotatable bonds is 3. The molecule has 3 N–H and O–H groups in total. The van der Waals surface area contributed by atoms with E-state index in [0.29, 0.717) is 16.3 Å². The van der Waals surface area contributed by atoms with Gasteiger partial charge in [-0.3, -0.25) is 9.59 Å². The van der Waals surface area contributed by atoms with Gasteiger partial charge in [0.15, 0.2) is 0 Å². The Balaban J connectivity index is 1.79. The van der Waals surface area contributed by atoms with E-state index in [0.717, 1.165) is 16.9 Å². The lowest BCUT2D eigenvalue weighted by atomic mass is 10.1. The molecule has 0 saturated carbocycles. The van der Waals surface area contributed by atoms with Crippen LogP contribution in [0.2, 0.25) is 5.02 Å². The fourth-order valence-electron chi connectivity index (χ4n) is 2.31. The second-order valence-corrected chi connectivity index (χ2v) is 5.54. The van der Waals surface area contributed by atoms with E-state index < -0.39 is 0 Å². The molecule has 23 heavy (non-hydrogen) atoms. The number of benzene rings is 2. The van der Waals surface area contributed by atoms with Crippen LogP contribution in [0.15, 0.2) is 48.7 Å². The summed E-state index contributed by atoms with van der Waals surface area (Å²) in [6.45, 7) is 1.46. The topological polar surface area (TPSA) is 70.2 Å². The third kappa shape index (κ3) is 3.35. The molecule has 3 rings (SSSR count). The predicted octanol–water partition coefficient (Wildman–Crippen LogP) is 3.70. The van der Waals surface area contributed by atoms with Gasteiger partial charge in [-0.2, -0.15) is 0 Å². The highest BCUT2D eigenvalue weighted by molar-refractivity contribution is 6.34. The predicted molar refractivity (Wildman–Crippen MR) is 92.4 cm³/mol. The van der Waals surface area contributed by atoms with E-state index in [1.165, 1.54) is 6.92 Å². The maximum Gasteiger partial charge on any atom is 0.257 e. The number of carbonyl (C=O) groups is 2. The van der Waals surface area contributed by atoms with Gasteiger partial charge < -0.3 is 16.0 Å². The first kappa shape index (κ1) is 15.1. The summed E-state index contributed by atoms with van der Waals surface area (Å²) in [5.74, 6) is -0.298. The molecule has 0 bridgehead atoms. The lowest BCUT2D eigenvalue weighted by Gasteiger charge is -2.05. The second kappa shape index (κ2) is 6.14. The lowest BCUT2D eigenvalue weighted by molar-refractivity contribution is -0.114. The number of fused-ring (bicyclic) bond motifs is 1. The molecule has 0 unspecified atom stereocenters. The quantitative estimate of drug-likeness (QED) is 0.753. The smallest absolute Gasteiger partial charge is 0.257 e. The highest BCUT2D eigenvalue weighted by Gasteiger charge is 2.24. The first-order valence-electron chi connectivity index (χ1n) is 6.98. The number of hydrogen-bond acceptors (Lipinski definition) is 3. The van der Waals surface area contributed by atoms with Crippen molar-refractivity contribution in [2.75, 3.05) is 16.0 Å². The van der Waals surface area contributed by atoms with Crippen molar-refractivity contribution in [2.45, 2.75) is 6.92 Å². The Morgan fingerprint density at radius 2 is 1.83 bits per heavy atom. The summed E-state index contributed by atoms with van der Waals surface area (Å²) in [6, 6.07) is 12.4. The van der Waals surface area contributed by atoms with Crippen molar-refractivity contribution in [3.05, 3.63) is 59.3 Å². The van der Waals surface area contributed by atoms with Crippen molar-refractivity contribution in [1.29, 1.82) is 0 Å². The Bertz CT molecular complexity index is 813. The molecule has 2 aromatic rings. The van der Waals surface area contributed by atoms with Gasteiger partial charge in [-0.05, 0) is 42.5 Å². The minimum absolute atomic E-state index is 0.121. The van der Waals surface area contributed by atoms with Gasteiger partial charge >= 0.3 is 0 Å². The molecule has 5 nitrogen and oxygen atoms in total. The van der Waals surface area contributed by atoms with E-state index in [1.54, 1.807) is 36.5 Å². The van der Waals surface area contributed by atoms with Crippen LogP contribution in [0.4, 0.5) is 17.1 Å². The van der Waals surface area contributed by atoms with Gasteiger partial charge in [-0.15, -0.1) is 0 Å². The van der Waals surface area contributed by atoms with Crippen LogP contribution in [0, 0.1) is 0 Å². The van der Waals surface area contributed by atoms with Crippen LogP contribution in [0.1, 0.15) is 12.5 Å². The van der Waals surface area contributed by atoms with E-state index >= 15 is 0 Å². The molecule has 0 radical (unpaired) electrons. The second-order valence-electron chi connectivity index (χ2n) is 5.10. The third-order valence-electron chi connectivity index (χ3n) is 3.35. The molecule has 116 valence electrons. The number of halogens is 1. The Morgan fingerprint density at radius 3 is 2.52 bits per heavy atom. The average molecular weight is 328 g/mol. The molecule has 2 aromatic carbocycles. The summed E-state index contributed by atoms with van der Waals surface area (Å²) in [7, 11) is 0. The van der Waals surface area contributed by atoms with Gasteiger partial charge in [-0.25, -0.2) is 0 Å². The summed E-state index contributed by atoms with van der Waals surface area (Å²) in [5.41, 5.74) is 3.55. The zero-order valence-corrected chi connectivity index (χ0v) is 13.1. The molecule has 1 heterocycles. The fourth-order valence-corrected chi connectivity index (χ4v) is 2.48. The van der Waals surface area contributed by atoms with Crippen LogP contribution in [0.25, 0.3) is 5.57 Å². The molecule has 1 aliphatic heterocycles. The molecule has 6 heteroatoms. The highest BCUT2D eigenvalue weighted by Crippen LogP contribution is 2.33. The summed E-state index contributed by atoms with van der Waals surface area (Å²) in [5, 5.41) is 9.14. The molecular weight excluding hydrogens is 314 g/mol. The van der Waals surface area contributed by atoms with Crippen LogP contribution in [0.3, 0.4) is 0 Å². The molecule has 0 atom stereocenters. The van der Waals surface area contributed by atoms with Gasteiger partial charge in [0.25, 0.3) is 5.91 Å². The standard InChI is InChI=1S/C17H14ClN3O2/c1-10(22)20-13-5-3-12(4-6-13)19-9-15-14-8-11(18)2-7-16(14)21-17(15)23/h2-9,19H,1H3,(H,20,22)(H,21,23). The number of nitrogens with one attached hydrogen (secondary N) is 3. The molecule has 0 fully saturated rings. The zero-order valence-electron chi connectivity index (χ0n) is 12.3. The van der Waals surface area contributed by atoms with E-state index in [4.69, 9.17) is 11.6 Å². The Labute approximate surface area is 138 Å². The zero-order chi connectivity index (χ0) is 16.4. The van der Waals surface area contributed by atoms with Crippen LogP contribution in [-0.4, -0.2) is 11.8 Å². The number of carbonyl (C=O) groups excluding carboxylic acids is 2. The summed E-state index contributed by atoms with van der Waals surface area (Å²) in [6.07, 6.45) is 1.64. The van der Waals surface area contributed by atoms with Crippen LogP contribution in [0.5, 0.6) is 0 Å². The van der Waals surface area contributed by atoms with E-state index in [9.17, 15) is 9.59 Å². The van der Waals surface area contributed by atoms with Gasteiger partial charge in [0.05, 0.1) is 5.57 Å². The van der Waals surface area contributed by atoms with Crippen molar-refractivity contribution in [3.8, 4) is 0 Å². The van der Waals surface area contributed by atoms with Crippen LogP contribution < -0.4 is 16.0 Å². The van der Waals surface area contributed by atoms with Crippen molar-refractivity contribution < 1.29 is 9.59 Å². The fraction of sp³-hybridized carbons (Fsp3) is 0.0588. The van der Waals surface area contributed by atoms with E-state index in [2.05, 4.69) is 16.0 Å². The maximum absolute atomic E-state index is 12.0. The molecule has 1 aliphatic rings. The molecule has 0 saturated heterocycles. The first-order valence-corrected chi connectivity index (χ1v) is 7.36. The van der Waals surface area contributed by atoms with E-state index in [1.807, 2.05) is 12.1 Å². The first-order chi connectivity index (χ1) is 11.0. The minimum Gasteiger partial charge on any atom is -0.361 e. The van der Waals surface area contributed by atoms with Gasteiger partial charge in [0.2, 0.25) is 5.91 Å². The lowest BCUT2D eigenvalue weighted by Crippen LogP contribution is -2.06. The van der Waals surface area contributed by atoms with Crippen LogP contribution in [-0.2, 0) is 9.59 Å². The third-order valence-corrected chi connectivity index (χ3v) is 3.59. The summed E-state index contributed by atoms with van der Waals surface area (Å²) < 4.78 is 0.